The van der Waals surface area contributed by atoms with Gasteiger partial charge in [0.2, 0.25) is 15.9 Å². The molecule has 9 heteroatoms. The number of thioether (sulfide) groups is 1. The van der Waals surface area contributed by atoms with Crippen molar-refractivity contribution in [1.29, 1.82) is 0 Å². The molecule has 0 saturated heterocycles. The largest absolute Gasteiger partial charge is 0.355 e. The molecule has 0 atom stereocenters. The molecule has 0 aliphatic rings. The molecule has 0 spiro atoms. The molecule has 1 amide bonds. The smallest absolute Gasteiger partial charge is 0.230 e. The summed E-state index contributed by atoms with van der Waals surface area (Å²) < 4.78 is 26.5. The van der Waals surface area contributed by atoms with E-state index in [0.29, 0.717) is 26.1 Å². The number of benzene rings is 1. The molecule has 0 saturated carbocycles. The maximum atomic E-state index is 12.0. The van der Waals surface area contributed by atoms with Crippen LogP contribution in [0.4, 0.5) is 0 Å². The van der Waals surface area contributed by atoms with Gasteiger partial charge in [-0.3, -0.25) is 4.79 Å². The lowest BCUT2D eigenvalue weighted by atomic mass is 10.3. The maximum absolute atomic E-state index is 12.0. The molecule has 0 aliphatic heterocycles. The zero-order valence-electron chi connectivity index (χ0n) is 15.4. The Hall–Kier alpha value is -1.58. The zero-order chi connectivity index (χ0) is 19.2. The second-order valence-corrected chi connectivity index (χ2v) is 8.80. The molecule has 2 aromatic rings. The van der Waals surface area contributed by atoms with Gasteiger partial charge in [0.25, 0.3) is 0 Å². The first kappa shape index (κ1) is 20.7. The number of amides is 1. The summed E-state index contributed by atoms with van der Waals surface area (Å²) >= 11 is 1.41. The van der Waals surface area contributed by atoms with E-state index >= 15 is 0 Å². The first-order chi connectivity index (χ1) is 12.4. The maximum Gasteiger partial charge on any atom is 0.230 e. The highest BCUT2D eigenvalue weighted by atomic mass is 32.2. The Balaban J connectivity index is 1.81. The fourth-order valence-electron chi connectivity index (χ4n) is 2.69. The van der Waals surface area contributed by atoms with Crippen LogP contribution in [0.1, 0.15) is 20.3 Å². The summed E-state index contributed by atoms with van der Waals surface area (Å²) in [5.41, 5.74) is 2.00. The molecule has 2 rings (SSSR count). The van der Waals surface area contributed by atoms with Crippen LogP contribution in [0.3, 0.4) is 0 Å². The van der Waals surface area contributed by atoms with E-state index in [1.165, 1.54) is 22.3 Å². The fourth-order valence-corrected chi connectivity index (χ4v) is 4.53. The van der Waals surface area contributed by atoms with Crippen molar-refractivity contribution < 1.29 is 13.2 Å². The van der Waals surface area contributed by atoms with Crippen LogP contribution in [-0.4, -0.2) is 59.8 Å². The predicted octanol–water partition coefficient (Wildman–Crippen LogP) is 1.94. The van der Waals surface area contributed by atoms with Crippen molar-refractivity contribution >= 4 is 38.7 Å². The fraction of sp³-hybridized carbons (Fsp3) is 0.529. The average Bonchev–Trinajstić information content (AvgIpc) is 2.96. The van der Waals surface area contributed by atoms with Crippen LogP contribution < -0.4 is 5.32 Å². The van der Waals surface area contributed by atoms with Crippen molar-refractivity contribution in [2.45, 2.75) is 32.0 Å². The SMILES string of the molecule is CCN(CCCNC(=O)CSc1nc2ccccc2n1CC)S(C)(=O)=O. The first-order valence-corrected chi connectivity index (χ1v) is 11.5. The summed E-state index contributed by atoms with van der Waals surface area (Å²) in [5.74, 6) is 0.208. The number of carbonyl (C=O) groups excluding carboxylic acids is 1. The number of carbonyl (C=O) groups is 1. The third-order valence-electron chi connectivity index (χ3n) is 4.00. The van der Waals surface area contributed by atoms with Crippen LogP contribution in [0.5, 0.6) is 0 Å². The Morgan fingerprint density at radius 3 is 2.69 bits per heavy atom. The van der Waals surface area contributed by atoms with Gasteiger partial charge in [-0.1, -0.05) is 30.8 Å². The summed E-state index contributed by atoms with van der Waals surface area (Å²) in [5, 5.41) is 3.67. The molecule has 26 heavy (non-hydrogen) atoms. The Kier molecular flexibility index (Phi) is 7.48. The normalized spacial score (nSPS) is 12.0. The van der Waals surface area contributed by atoms with E-state index in [9.17, 15) is 13.2 Å². The summed E-state index contributed by atoms with van der Waals surface area (Å²) in [6, 6.07) is 7.92. The molecule has 0 radical (unpaired) electrons. The number of sulfonamides is 1. The Bertz CT molecular complexity index is 849. The number of nitrogens with one attached hydrogen (secondary N) is 1. The summed E-state index contributed by atoms with van der Waals surface area (Å²) in [7, 11) is -3.18. The van der Waals surface area contributed by atoms with E-state index in [4.69, 9.17) is 0 Å². The molecule has 0 aliphatic carbocycles. The average molecular weight is 399 g/mol. The van der Waals surface area contributed by atoms with Gasteiger partial charge >= 0.3 is 0 Å². The lowest BCUT2D eigenvalue weighted by Crippen LogP contribution is -2.34. The molecular formula is C17H26N4O3S2. The molecular weight excluding hydrogens is 372 g/mol. The zero-order valence-corrected chi connectivity index (χ0v) is 17.1. The second kappa shape index (κ2) is 9.38. The van der Waals surface area contributed by atoms with E-state index < -0.39 is 10.0 Å². The highest BCUT2D eigenvalue weighted by Gasteiger charge is 2.14. The van der Waals surface area contributed by atoms with Crippen LogP contribution in [-0.2, 0) is 21.4 Å². The van der Waals surface area contributed by atoms with Crippen LogP contribution in [0, 0.1) is 0 Å². The molecule has 1 heterocycles. The molecule has 1 N–H and O–H groups in total. The number of hydrogen-bond acceptors (Lipinski definition) is 5. The summed E-state index contributed by atoms with van der Waals surface area (Å²) in [6.45, 7) is 5.96. The standard InChI is InChI=1S/C17H26N4O3S2/c1-4-20(26(3,23)24)12-8-11-18-16(22)13-25-17-19-14-9-6-7-10-15(14)21(17)5-2/h6-7,9-10H,4-5,8,11-13H2,1-3H3,(H,18,22). The second-order valence-electron chi connectivity index (χ2n) is 5.87. The van der Waals surface area contributed by atoms with Gasteiger partial charge in [0.1, 0.15) is 0 Å². The number of rotatable bonds is 10. The third-order valence-corrected chi connectivity index (χ3v) is 6.35. The van der Waals surface area contributed by atoms with Gasteiger partial charge in [-0.15, -0.1) is 0 Å². The van der Waals surface area contributed by atoms with Gasteiger partial charge in [-0.2, -0.15) is 0 Å². The van der Waals surface area contributed by atoms with Gasteiger partial charge in [0, 0.05) is 26.2 Å². The highest BCUT2D eigenvalue weighted by Crippen LogP contribution is 2.23. The number of aryl methyl sites for hydroxylation is 1. The number of fused-ring (bicyclic) bond motifs is 1. The van der Waals surface area contributed by atoms with E-state index in [1.807, 2.05) is 24.3 Å². The first-order valence-electron chi connectivity index (χ1n) is 8.66. The minimum absolute atomic E-state index is 0.0767. The minimum atomic E-state index is -3.18. The van der Waals surface area contributed by atoms with Crippen molar-refractivity contribution in [3.8, 4) is 0 Å². The van der Waals surface area contributed by atoms with Gasteiger partial charge in [-0.05, 0) is 25.5 Å². The van der Waals surface area contributed by atoms with Crippen molar-refractivity contribution in [2.75, 3.05) is 31.6 Å². The van der Waals surface area contributed by atoms with E-state index in [1.54, 1.807) is 6.92 Å². The summed E-state index contributed by atoms with van der Waals surface area (Å²) in [4.78, 5) is 16.6. The van der Waals surface area contributed by atoms with Gasteiger partial charge in [0.05, 0.1) is 23.0 Å². The van der Waals surface area contributed by atoms with E-state index in [0.717, 1.165) is 22.7 Å². The Morgan fingerprint density at radius 2 is 2.04 bits per heavy atom. The van der Waals surface area contributed by atoms with Crippen molar-refractivity contribution in [3.05, 3.63) is 24.3 Å². The number of imidazole rings is 1. The predicted molar refractivity (Wildman–Crippen MR) is 106 cm³/mol. The Labute approximate surface area is 159 Å². The van der Waals surface area contributed by atoms with Crippen LogP contribution in [0.2, 0.25) is 0 Å². The van der Waals surface area contributed by atoms with Crippen LogP contribution in [0.15, 0.2) is 29.4 Å². The molecule has 0 bridgehead atoms. The molecule has 144 valence electrons. The summed E-state index contributed by atoms with van der Waals surface area (Å²) in [6.07, 6.45) is 1.79. The van der Waals surface area contributed by atoms with Crippen molar-refractivity contribution in [1.82, 2.24) is 19.2 Å². The van der Waals surface area contributed by atoms with Gasteiger partial charge < -0.3 is 9.88 Å². The molecule has 7 nitrogen and oxygen atoms in total. The van der Waals surface area contributed by atoms with Gasteiger partial charge in [-0.25, -0.2) is 17.7 Å². The number of nitrogens with zero attached hydrogens (tertiary/aromatic N) is 3. The van der Waals surface area contributed by atoms with E-state index in [-0.39, 0.29) is 11.7 Å². The number of para-hydroxylation sites is 2. The van der Waals surface area contributed by atoms with Gasteiger partial charge in [0.15, 0.2) is 5.16 Å². The molecule has 0 unspecified atom stereocenters. The van der Waals surface area contributed by atoms with Crippen molar-refractivity contribution in [2.24, 2.45) is 0 Å². The minimum Gasteiger partial charge on any atom is -0.355 e. The van der Waals surface area contributed by atoms with Crippen LogP contribution >= 0.6 is 11.8 Å². The topological polar surface area (TPSA) is 84.3 Å². The van der Waals surface area contributed by atoms with E-state index in [2.05, 4.69) is 21.8 Å². The van der Waals surface area contributed by atoms with Crippen LogP contribution in [0.25, 0.3) is 11.0 Å². The molecule has 0 fully saturated rings. The quantitative estimate of drug-likeness (QED) is 0.488. The highest BCUT2D eigenvalue weighted by molar-refractivity contribution is 7.99. The lowest BCUT2D eigenvalue weighted by Gasteiger charge is -2.17. The molecule has 1 aromatic heterocycles. The number of aromatic nitrogens is 2. The lowest BCUT2D eigenvalue weighted by molar-refractivity contribution is -0.118. The number of hydrogen-bond donors (Lipinski definition) is 1. The van der Waals surface area contributed by atoms with Crippen molar-refractivity contribution in [3.63, 3.8) is 0 Å². The third kappa shape index (κ3) is 5.46. The Morgan fingerprint density at radius 1 is 1.31 bits per heavy atom. The molecule has 1 aromatic carbocycles. The monoisotopic (exact) mass is 398 g/mol.